The molecule has 0 bridgehead atoms. The van der Waals surface area contributed by atoms with Crippen LogP contribution < -0.4 is 4.90 Å². The second-order valence-electron chi connectivity index (χ2n) is 4.66. The Morgan fingerprint density at radius 2 is 1.76 bits per heavy atom. The summed E-state index contributed by atoms with van der Waals surface area (Å²) in [6.07, 6.45) is 2.45. The first kappa shape index (κ1) is 12.1. The third kappa shape index (κ3) is 3.30. The summed E-state index contributed by atoms with van der Waals surface area (Å²) < 4.78 is 0. The molecule has 0 aliphatic carbocycles. The number of rotatable bonds is 4. The molecular weight excluding hydrogens is 212 g/mol. The van der Waals surface area contributed by atoms with Crippen LogP contribution >= 0.6 is 0 Å². The first-order valence-corrected chi connectivity index (χ1v) is 6.25. The number of hydrogen-bond acceptors (Lipinski definition) is 3. The SMILES string of the molecule is CN1CCN(c2ccc(CCC=O)cc2)CC1. The van der Waals surface area contributed by atoms with Crippen molar-refractivity contribution in [2.24, 2.45) is 0 Å². The van der Waals surface area contributed by atoms with Crippen molar-refractivity contribution in [3.05, 3.63) is 29.8 Å². The maximum absolute atomic E-state index is 10.3. The molecule has 1 aliphatic rings. The summed E-state index contributed by atoms with van der Waals surface area (Å²) in [7, 11) is 2.17. The topological polar surface area (TPSA) is 23.6 Å². The zero-order valence-corrected chi connectivity index (χ0v) is 10.4. The lowest BCUT2D eigenvalue weighted by Gasteiger charge is -2.34. The normalized spacial score (nSPS) is 17.1. The Kier molecular flexibility index (Phi) is 4.15. The van der Waals surface area contributed by atoms with Crippen molar-refractivity contribution < 1.29 is 4.79 Å². The Bertz CT molecular complexity index is 353. The molecule has 92 valence electrons. The van der Waals surface area contributed by atoms with E-state index < -0.39 is 0 Å². The monoisotopic (exact) mass is 232 g/mol. The number of aldehydes is 1. The van der Waals surface area contributed by atoms with Gasteiger partial charge in [0, 0.05) is 38.3 Å². The zero-order valence-electron chi connectivity index (χ0n) is 10.4. The van der Waals surface area contributed by atoms with E-state index in [4.69, 9.17) is 0 Å². The number of nitrogens with zero attached hydrogens (tertiary/aromatic N) is 2. The van der Waals surface area contributed by atoms with E-state index in [1.165, 1.54) is 11.3 Å². The highest BCUT2D eigenvalue weighted by Crippen LogP contribution is 2.17. The number of piperazine rings is 1. The van der Waals surface area contributed by atoms with E-state index in [2.05, 4.69) is 41.1 Å². The van der Waals surface area contributed by atoms with E-state index in [0.29, 0.717) is 6.42 Å². The summed E-state index contributed by atoms with van der Waals surface area (Å²) in [5.41, 5.74) is 2.54. The molecule has 0 N–H and O–H groups in total. The molecule has 1 saturated heterocycles. The summed E-state index contributed by atoms with van der Waals surface area (Å²) in [6.45, 7) is 4.47. The van der Waals surface area contributed by atoms with Gasteiger partial charge >= 0.3 is 0 Å². The largest absolute Gasteiger partial charge is 0.369 e. The highest BCUT2D eigenvalue weighted by atomic mass is 16.1. The quantitative estimate of drug-likeness (QED) is 0.736. The standard InChI is InChI=1S/C14H20N2O/c1-15-8-10-16(11-9-15)14-6-4-13(5-7-14)3-2-12-17/h4-7,12H,2-3,8-11H2,1H3. The third-order valence-corrected chi connectivity index (χ3v) is 3.36. The zero-order chi connectivity index (χ0) is 12.1. The molecule has 0 spiro atoms. The summed E-state index contributed by atoms with van der Waals surface area (Å²) in [5.74, 6) is 0. The van der Waals surface area contributed by atoms with E-state index >= 15 is 0 Å². The van der Waals surface area contributed by atoms with Crippen LogP contribution in [0.4, 0.5) is 5.69 Å². The van der Waals surface area contributed by atoms with Crippen LogP contribution in [-0.4, -0.2) is 44.4 Å². The Balaban J connectivity index is 1.95. The molecule has 0 unspecified atom stereocenters. The molecule has 1 aromatic rings. The highest BCUT2D eigenvalue weighted by molar-refractivity contribution is 5.51. The average Bonchev–Trinajstić information content (AvgIpc) is 2.38. The molecule has 1 heterocycles. The lowest BCUT2D eigenvalue weighted by Crippen LogP contribution is -2.44. The van der Waals surface area contributed by atoms with Crippen LogP contribution in [0, 0.1) is 0 Å². The number of carbonyl (C=O) groups is 1. The van der Waals surface area contributed by atoms with Crippen molar-refractivity contribution in [2.75, 3.05) is 38.1 Å². The number of hydrogen-bond donors (Lipinski definition) is 0. The summed E-state index contributed by atoms with van der Waals surface area (Å²) >= 11 is 0. The van der Waals surface area contributed by atoms with Crippen molar-refractivity contribution in [3.8, 4) is 0 Å². The smallest absolute Gasteiger partial charge is 0.120 e. The minimum absolute atomic E-state index is 0.619. The second-order valence-corrected chi connectivity index (χ2v) is 4.66. The fourth-order valence-electron chi connectivity index (χ4n) is 2.16. The van der Waals surface area contributed by atoms with Crippen molar-refractivity contribution in [2.45, 2.75) is 12.8 Å². The lowest BCUT2D eigenvalue weighted by atomic mass is 10.1. The molecule has 0 aromatic heterocycles. The van der Waals surface area contributed by atoms with Gasteiger partial charge in [0.15, 0.2) is 0 Å². The van der Waals surface area contributed by atoms with Crippen molar-refractivity contribution in [3.63, 3.8) is 0 Å². The molecule has 0 radical (unpaired) electrons. The average molecular weight is 232 g/mol. The summed E-state index contributed by atoms with van der Waals surface area (Å²) in [5, 5.41) is 0. The fourth-order valence-corrected chi connectivity index (χ4v) is 2.16. The Morgan fingerprint density at radius 3 is 2.35 bits per heavy atom. The second kappa shape index (κ2) is 5.82. The number of benzene rings is 1. The molecule has 1 aliphatic heterocycles. The van der Waals surface area contributed by atoms with Gasteiger partial charge in [-0.1, -0.05) is 12.1 Å². The van der Waals surface area contributed by atoms with Gasteiger partial charge in [0.05, 0.1) is 0 Å². The molecule has 0 amide bonds. The minimum Gasteiger partial charge on any atom is -0.369 e. The van der Waals surface area contributed by atoms with E-state index in [0.717, 1.165) is 38.9 Å². The summed E-state index contributed by atoms with van der Waals surface area (Å²) in [6, 6.07) is 8.62. The number of likely N-dealkylation sites (N-methyl/N-ethyl adjacent to an activating group) is 1. The maximum atomic E-state index is 10.3. The first-order valence-electron chi connectivity index (χ1n) is 6.25. The number of carbonyl (C=O) groups excluding carboxylic acids is 1. The predicted molar refractivity (Wildman–Crippen MR) is 70.5 cm³/mol. The molecule has 17 heavy (non-hydrogen) atoms. The number of aryl methyl sites for hydroxylation is 1. The van der Waals surface area contributed by atoms with E-state index in [9.17, 15) is 4.79 Å². The Hall–Kier alpha value is -1.35. The van der Waals surface area contributed by atoms with E-state index in [1.54, 1.807) is 0 Å². The Labute approximate surface area is 103 Å². The van der Waals surface area contributed by atoms with Gasteiger partial charge in [-0.05, 0) is 31.2 Å². The molecular formula is C14H20N2O. The maximum Gasteiger partial charge on any atom is 0.120 e. The van der Waals surface area contributed by atoms with Gasteiger partial charge in [-0.15, -0.1) is 0 Å². The molecule has 1 aromatic carbocycles. The van der Waals surface area contributed by atoms with Gasteiger partial charge < -0.3 is 14.6 Å². The van der Waals surface area contributed by atoms with Gasteiger partial charge in [0.25, 0.3) is 0 Å². The van der Waals surface area contributed by atoms with Gasteiger partial charge in [-0.2, -0.15) is 0 Å². The van der Waals surface area contributed by atoms with Crippen molar-refractivity contribution in [1.82, 2.24) is 4.90 Å². The van der Waals surface area contributed by atoms with Gasteiger partial charge in [-0.25, -0.2) is 0 Å². The lowest BCUT2D eigenvalue weighted by molar-refractivity contribution is -0.107. The molecule has 3 heteroatoms. The fraction of sp³-hybridized carbons (Fsp3) is 0.500. The van der Waals surface area contributed by atoms with Crippen LogP contribution in [-0.2, 0) is 11.2 Å². The third-order valence-electron chi connectivity index (χ3n) is 3.36. The van der Waals surface area contributed by atoms with Gasteiger partial charge in [0.1, 0.15) is 6.29 Å². The van der Waals surface area contributed by atoms with Crippen LogP contribution in [0.15, 0.2) is 24.3 Å². The first-order chi connectivity index (χ1) is 8.29. The van der Waals surface area contributed by atoms with Gasteiger partial charge in [-0.3, -0.25) is 0 Å². The van der Waals surface area contributed by atoms with Crippen LogP contribution in [0.25, 0.3) is 0 Å². The van der Waals surface area contributed by atoms with Crippen LogP contribution in [0.5, 0.6) is 0 Å². The molecule has 3 nitrogen and oxygen atoms in total. The van der Waals surface area contributed by atoms with Crippen LogP contribution in [0.3, 0.4) is 0 Å². The van der Waals surface area contributed by atoms with Crippen LogP contribution in [0.2, 0.25) is 0 Å². The molecule has 0 saturated carbocycles. The molecule has 0 atom stereocenters. The molecule has 1 fully saturated rings. The van der Waals surface area contributed by atoms with Crippen LogP contribution in [0.1, 0.15) is 12.0 Å². The number of anilines is 1. The molecule has 2 rings (SSSR count). The highest BCUT2D eigenvalue weighted by Gasteiger charge is 2.13. The minimum atomic E-state index is 0.619. The predicted octanol–water partition coefficient (Wildman–Crippen LogP) is 1.57. The van der Waals surface area contributed by atoms with Crippen molar-refractivity contribution >= 4 is 12.0 Å². The van der Waals surface area contributed by atoms with E-state index in [-0.39, 0.29) is 0 Å². The van der Waals surface area contributed by atoms with E-state index in [1.807, 2.05) is 0 Å². The summed E-state index contributed by atoms with van der Waals surface area (Å²) in [4.78, 5) is 15.1. The van der Waals surface area contributed by atoms with Gasteiger partial charge in [0.2, 0.25) is 0 Å². The Morgan fingerprint density at radius 1 is 1.12 bits per heavy atom. The van der Waals surface area contributed by atoms with Crippen molar-refractivity contribution in [1.29, 1.82) is 0 Å².